The van der Waals surface area contributed by atoms with Crippen LogP contribution < -0.4 is 0 Å². The number of aliphatic hydroxyl groups is 2. The first-order valence-corrected chi connectivity index (χ1v) is 7.76. The third-order valence-electron chi connectivity index (χ3n) is 4.32. The van der Waals surface area contributed by atoms with Crippen molar-refractivity contribution >= 4 is 0 Å². The highest BCUT2D eigenvalue weighted by Gasteiger charge is 2.40. The van der Waals surface area contributed by atoms with Crippen molar-refractivity contribution in [2.75, 3.05) is 6.61 Å². The van der Waals surface area contributed by atoms with Crippen LogP contribution in [0.3, 0.4) is 0 Å². The zero-order valence-corrected chi connectivity index (χ0v) is 12.8. The average molecular weight is 304 g/mol. The molecular weight excluding hydrogens is 284 g/mol. The van der Waals surface area contributed by atoms with Gasteiger partial charge in [0.25, 0.3) is 0 Å². The molecule has 3 aromatic carbocycles. The first-order valence-electron chi connectivity index (χ1n) is 7.76. The Balaban J connectivity index is 2.19. The predicted molar refractivity (Wildman–Crippen MR) is 92.2 cm³/mol. The first kappa shape index (κ1) is 15.5. The molecule has 2 heteroatoms. The Kier molecular flexibility index (Phi) is 4.56. The standard InChI is InChI=1S/C21H20O2/c22-16-20(17-10-4-1-5-11-17)21(23,18-12-6-2-7-13-18)19-14-8-3-9-15-19/h1-15,20,22-23H,16H2. The molecule has 0 heterocycles. The minimum absolute atomic E-state index is 0.149. The van der Waals surface area contributed by atoms with Gasteiger partial charge in [-0.1, -0.05) is 91.0 Å². The summed E-state index contributed by atoms with van der Waals surface area (Å²) >= 11 is 0. The highest BCUT2D eigenvalue weighted by Crippen LogP contribution is 2.42. The molecule has 1 atom stereocenters. The molecule has 23 heavy (non-hydrogen) atoms. The lowest BCUT2D eigenvalue weighted by atomic mass is 9.73. The van der Waals surface area contributed by atoms with Crippen LogP contribution in [0.15, 0.2) is 91.0 Å². The lowest BCUT2D eigenvalue weighted by molar-refractivity contribution is 0.0262. The Morgan fingerprint density at radius 2 is 1.04 bits per heavy atom. The molecule has 0 saturated carbocycles. The van der Waals surface area contributed by atoms with Crippen molar-refractivity contribution in [1.82, 2.24) is 0 Å². The summed E-state index contributed by atoms with van der Waals surface area (Å²) in [6.07, 6.45) is 0. The maximum Gasteiger partial charge on any atom is 0.124 e. The Bertz CT molecular complexity index is 684. The van der Waals surface area contributed by atoms with Crippen molar-refractivity contribution in [2.45, 2.75) is 11.5 Å². The predicted octanol–water partition coefficient (Wildman–Crippen LogP) is 3.70. The normalized spacial score (nSPS) is 12.8. The van der Waals surface area contributed by atoms with Crippen LogP contribution in [0.5, 0.6) is 0 Å². The van der Waals surface area contributed by atoms with Gasteiger partial charge >= 0.3 is 0 Å². The van der Waals surface area contributed by atoms with Crippen molar-refractivity contribution in [2.24, 2.45) is 0 Å². The molecule has 0 amide bonds. The summed E-state index contributed by atoms with van der Waals surface area (Å²) in [7, 11) is 0. The molecule has 0 saturated heterocycles. The number of benzene rings is 3. The molecule has 116 valence electrons. The van der Waals surface area contributed by atoms with E-state index in [1.807, 2.05) is 91.0 Å². The molecule has 2 N–H and O–H groups in total. The minimum atomic E-state index is -1.29. The summed E-state index contributed by atoms with van der Waals surface area (Å²) in [5.74, 6) is -0.450. The second kappa shape index (κ2) is 6.78. The number of rotatable bonds is 5. The van der Waals surface area contributed by atoms with Crippen molar-refractivity contribution in [3.63, 3.8) is 0 Å². The average Bonchev–Trinajstić information content (AvgIpc) is 2.64. The van der Waals surface area contributed by atoms with Gasteiger partial charge in [0.1, 0.15) is 5.60 Å². The maximum atomic E-state index is 11.7. The monoisotopic (exact) mass is 304 g/mol. The molecule has 3 aromatic rings. The molecule has 0 fully saturated rings. The van der Waals surface area contributed by atoms with Gasteiger partial charge in [-0.3, -0.25) is 0 Å². The van der Waals surface area contributed by atoms with Gasteiger partial charge in [0.05, 0.1) is 6.61 Å². The summed E-state index contributed by atoms with van der Waals surface area (Å²) in [5.41, 5.74) is 1.16. The van der Waals surface area contributed by atoms with Crippen LogP contribution in [0.25, 0.3) is 0 Å². The number of aliphatic hydroxyl groups excluding tert-OH is 1. The SMILES string of the molecule is OCC(c1ccccc1)C(O)(c1ccccc1)c1ccccc1. The molecule has 1 unspecified atom stereocenters. The highest BCUT2D eigenvalue weighted by molar-refractivity contribution is 5.41. The van der Waals surface area contributed by atoms with Gasteiger partial charge in [-0.15, -0.1) is 0 Å². The molecule has 0 bridgehead atoms. The van der Waals surface area contributed by atoms with Crippen LogP contribution in [0.1, 0.15) is 22.6 Å². The molecule has 0 aliphatic rings. The van der Waals surface area contributed by atoms with Crippen molar-refractivity contribution in [3.05, 3.63) is 108 Å². The Labute approximate surface area is 136 Å². The highest BCUT2D eigenvalue weighted by atomic mass is 16.3. The molecule has 3 rings (SSSR count). The molecule has 0 radical (unpaired) electrons. The number of hydrogen-bond donors (Lipinski definition) is 2. The van der Waals surface area contributed by atoms with Gasteiger partial charge < -0.3 is 10.2 Å². The largest absolute Gasteiger partial charge is 0.396 e. The fraction of sp³-hybridized carbons (Fsp3) is 0.143. The smallest absolute Gasteiger partial charge is 0.124 e. The third-order valence-corrected chi connectivity index (χ3v) is 4.32. The van der Waals surface area contributed by atoms with Crippen molar-refractivity contribution < 1.29 is 10.2 Å². The fourth-order valence-electron chi connectivity index (χ4n) is 3.12. The Hall–Kier alpha value is -2.42. The molecule has 0 aliphatic heterocycles. The number of hydrogen-bond acceptors (Lipinski definition) is 2. The minimum Gasteiger partial charge on any atom is -0.396 e. The van der Waals surface area contributed by atoms with Gasteiger partial charge in [0.15, 0.2) is 0 Å². The zero-order valence-electron chi connectivity index (χ0n) is 12.8. The zero-order chi connectivity index (χ0) is 16.1. The van der Waals surface area contributed by atoms with E-state index < -0.39 is 11.5 Å². The third kappa shape index (κ3) is 2.91. The van der Waals surface area contributed by atoms with Crippen LogP contribution in [0.4, 0.5) is 0 Å². The summed E-state index contributed by atoms with van der Waals surface area (Å²) in [6, 6.07) is 28.7. The van der Waals surface area contributed by atoms with E-state index in [4.69, 9.17) is 0 Å². The maximum absolute atomic E-state index is 11.7. The van der Waals surface area contributed by atoms with E-state index in [1.54, 1.807) is 0 Å². The van der Waals surface area contributed by atoms with Crippen LogP contribution in [-0.4, -0.2) is 16.8 Å². The topological polar surface area (TPSA) is 40.5 Å². The Morgan fingerprint density at radius 3 is 1.43 bits per heavy atom. The quantitative estimate of drug-likeness (QED) is 0.754. The summed E-state index contributed by atoms with van der Waals surface area (Å²) < 4.78 is 0. The molecule has 2 nitrogen and oxygen atoms in total. The van der Waals surface area contributed by atoms with Crippen LogP contribution in [-0.2, 0) is 5.60 Å². The Morgan fingerprint density at radius 1 is 0.652 bits per heavy atom. The second-order valence-electron chi connectivity index (χ2n) is 5.64. The summed E-state index contributed by atoms with van der Waals surface area (Å²) in [6.45, 7) is -0.149. The first-order chi connectivity index (χ1) is 11.3. The van der Waals surface area contributed by atoms with E-state index >= 15 is 0 Å². The van der Waals surface area contributed by atoms with Crippen molar-refractivity contribution in [1.29, 1.82) is 0 Å². The van der Waals surface area contributed by atoms with Crippen molar-refractivity contribution in [3.8, 4) is 0 Å². The van der Waals surface area contributed by atoms with Crippen LogP contribution >= 0.6 is 0 Å². The molecule has 0 aromatic heterocycles. The lowest BCUT2D eigenvalue weighted by Gasteiger charge is -2.37. The van der Waals surface area contributed by atoms with E-state index in [0.29, 0.717) is 0 Å². The molecule has 0 spiro atoms. The van der Waals surface area contributed by atoms with Gasteiger partial charge in [-0.2, -0.15) is 0 Å². The molecule has 0 aliphatic carbocycles. The summed E-state index contributed by atoms with van der Waals surface area (Å²) in [5, 5.41) is 21.8. The van der Waals surface area contributed by atoms with Gasteiger partial charge in [-0.25, -0.2) is 0 Å². The molecular formula is C21H20O2. The van der Waals surface area contributed by atoms with Gasteiger partial charge in [0.2, 0.25) is 0 Å². The lowest BCUT2D eigenvalue weighted by Crippen LogP contribution is -2.37. The van der Waals surface area contributed by atoms with E-state index in [2.05, 4.69) is 0 Å². The van der Waals surface area contributed by atoms with E-state index in [9.17, 15) is 10.2 Å². The van der Waals surface area contributed by atoms with Crippen LogP contribution in [0, 0.1) is 0 Å². The van der Waals surface area contributed by atoms with Gasteiger partial charge in [0, 0.05) is 5.92 Å². The van der Waals surface area contributed by atoms with Gasteiger partial charge in [-0.05, 0) is 16.7 Å². The van der Waals surface area contributed by atoms with E-state index in [0.717, 1.165) is 16.7 Å². The summed E-state index contributed by atoms with van der Waals surface area (Å²) in [4.78, 5) is 0. The second-order valence-corrected chi connectivity index (χ2v) is 5.64. The van der Waals surface area contributed by atoms with Crippen LogP contribution in [0.2, 0.25) is 0 Å². The van der Waals surface area contributed by atoms with E-state index in [1.165, 1.54) is 0 Å². The fourth-order valence-corrected chi connectivity index (χ4v) is 3.12. The van der Waals surface area contributed by atoms with E-state index in [-0.39, 0.29) is 6.61 Å².